The van der Waals surface area contributed by atoms with Crippen LogP contribution in [0.5, 0.6) is 0 Å². The van der Waals surface area contributed by atoms with Crippen LogP contribution in [0.3, 0.4) is 0 Å². The number of carbonyl (C=O) groups excluding carboxylic acids is 4. The molecule has 0 atom stereocenters. The van der Waals surface area contributed by atoms with E-state index in [2.05, 4.69) is 10.6 Å². The van der Waals surface area contributed by atoms with E-state index in [0.29, 0.717) is 11.6 Å². The van der Waals surface area contributed by atoms with Gasteiger partial charge in [0.05, 0.1) is 6.54 Å². The number of rotatable bonds is 7. The van der Waals surface area contributed by atoms with Gasteiger partial charge in [-0.05, 0) is 50.5 Å². The maximum Gasteiger partial charge on any atom is 0.330 e. The molecule has 148 valence electrons. The number of amides is 4. The topological polar surface area (TPSA) is 105 Å². The van der Waals surface area contributed by atoms with Crippen molar-refractivity contribution in [3.8, 4) is 0 Å². The number of carbonyl (C=O) groups is 4. The number of esters is 1. The van der Waals surface area contributed by atoms with Crippen molar-refractivity contribution in [3.63, 3.8) is 0 Å². The van der Waals surface area contributed by atoms with Crippen LogP contribution in [0.2, 0.25) is 0 Å². The van der Waals surface area contributed by atoms with Crippen LogP contribution in [0.15, 0.2) is 30.3 Å². The molecule has 8 nitrogen and oxygen atoms in total. The number of hydrogen-bond donors (Lipinski definition) is 2. The summed E-state index contributed by atoms with van der Waals surface area (Å²) in [4.78, 5) is 48.5. The summed E-state index contributed by atoms with van der Waals surface area (Å²) in [5.41, 5.74) is 0.377. The molecule has 1 heterocycles. The molecule has 8 heteroatoms. The van der Waals surface area contributed by atoms with Crippen molar-refractivity contribution in [3.05, 3.63) is 41.5 Å². The average Bonchev–Trinajstić information content (AvgIpc) is 3.43. The van der Waals surface area contributed by atoms with Crippen molar-refractivity contribution < 1.29 is 23.9 Å². The first kappa shape index (κ1) is 19.6. The normalized spacial score (nSPS) is 18.3. The molecule has 0 spiro atoms. The SMILES string of the molecule is CC1(C)NC(=O)N(CCOC(=O)C=Cc2ccc(C(=O)NC3CC3)cc2)C1=O. The van der Waals surface area contributed by atoms with E-state index in [4.69, 9.17) is 4.74 Å². The number of benzene rings is 1. The molecule has 2 N–H and O–H groups in total. The molecule has 0 aromatic heterocycles. The summed E-state index contributed by atoms with van der Waals surface area (Å²) in [5, 5.41) is 5.47. The van der Waals surface area contributed by atoms with Crippen molar-refractivity contribution in [2.45, 2.75) is 38.3 Å². The number of nitrogens with zero attached hydrogens (tertiary/aromatic N) is 1. The molecule has 1 aliphatic heterocycles. The van der Waals surface area contributed by atoms with E-state index < -0.39 is 17.5 Å². The van der Waals surface area contributed by atoms with Crippen LogP contribution in [0.1, 0.15) is 42.6 Å². The second kappa shape index (κ2) is 7.84. The lowest BCUT2D eigenvalue weighted by Crippen LogP contribution is -2.40. The van der Waals surface area contributed by atoms with Crippen LogP contribution in [-0.2, 0) is 14.3 Å². The molecular formula is C20H23N3O5. The fraction of sp³-hybridized carbons (Fsp3) is 0.400. The highest BCUT2D eigenvalue weighted by molar-refractivity contribution is 6.06. The third kappa shape index (κ3) is 4.76. The Balaban J connectivity index is 1.44. The lowest BCUT2D eigenvalue weighted by Gasteiger charge is -2.15. The summed E-state index contributed by atoms with van der Waals surface area (Å²) in [7, 11) is 0. The number of imide groups is 1. The van der Waals surface area contributed by atoms with Gasteiger partial charge in [-0.1, -0.05) is 12.1 Å². The smallest absolute Gasteiger partial charge is 0.330 e. The van der Waals surface area contributed by atoms with E-state index >= 15 is 0 Å². The van der Waals surface area contributed by atoms with E-state index in [-0.39, 0.29) is 25.0 Å². The highest BCUT2D eigenvalue weighted by Crippen LogP contribution is 2.19. The summed E-state index contributed by atoms with van der Waals surface area (Å²) in [6.45, 7) is 3.14. The fourth-order valence-corrected chi connectivity index (χ4v) is 2.71. The van der Waals surface area contributed by atoms with Gasteiger partial charge in [0, 0.05) is 17.7 Å². The minimum absolute atomic E-state index is 0.00151. The van der Waals surface area contributed by atoms with Gasteiger partial charge in [0.1, 0.15) is 12.1 Å². The number of urea groups is 1. The standard InChI is InChI=1S/C20H23N3O5/c1-20(2)18(26)23(19(27)22-20)11-12-28-16(24)10-5-13-3-6-14(7-4-13)17(25)21-15-8-9-15/h3-7,10,15H,8-9,11-12H2,1-2H3,(H,21,25)(H,22,27). The number of nitrogens with one attached hydrogen (secondary N) is 2. The van der Waals surface area contributed by atoms with Crippen LogP contribution in [0.4, 0.5) is 4.79 Å². The molecule has 2 fully saturated rings. The van der Waals surface area contributed by atoms with Gasteiger partial charge >= 0.3 is 12.0 Å². The Hall–Kier alpha value is -3.16. The lowest BCUT2D eigenvalue weighted by molar-refractivity contribution is -0.140. The highest BCUT2D eigenvalue weighted by Gasteiger charge is 2.43. The predicted molar refractivity (Wildman–Crippen MR) is 101 cm³/mol. The van der Waals surface area contributed by atoms with Gasteiger partial charge in [0.25, 0.3) is 11.8 Å². The molecule has 0 unspecified atom stereocenters. The van der Waals surface area contributed by atoms with Crippen molar-refractivity contribution >= 4 is 29.9 Å². The van der Waals surface area contributed by atoms with Gasteiger partial charge in [-0.15, -0.1) is 0 Å². The van der Waals surface area contributed by atoms with Crippen LogP contribution in [0, 0.1) is 0 Å². The van der Waals surface area contributed by atoms with E-state index in [0.717, 1.165) is 23.3 Å². The van der Waals surface area contributed by atoms with Crippen LogP contribution in [0.25, 0.3) is 6.08 Å². The summed E-state index contributed by atoms with van der Waals surface area (Å²) < 4.78 is 5.04. The summed E-state index contributed by atoms with van der Waals surface area (Å²) in [6.07, 6.45) is 4.89. The molecule has 1 aliphatic carbocycles. The molecule has 3 rings (SSSR count). The number of hydrogen-bond acceptors (Lipinski definition) is 5. The molecule has 28 heavy (non-hydrogen) atoms. The van der Waals surface area contributed by atoms with Crippen LogP contribution < -0.4 is 10.6 Å². The van der Waals surface area contributed by atoms with Crippen molar-refractivity contribution in [2.24, 2.45) is 0 Å². The first-order chi connectivity index (χ1) is 13.3. The third-order valence-corrected chi connectivity index (χ3v) is 4.50. The Morgan fingerprint density at radius 1 is 1.25 bits per heavy atom. The first-order valence-electron chi connectivity index (χ1n) is 9.16. The first-order valence-corrected chi connectivity index (χ1v) is 9.16. The van der Waals surface area contributed by atoms with Crippen LogP contribution >= 0.6 is 0 Å². The second-order valence-electron chi connectivity index (χ2n) is 7.38. The van der Waals surface area contributed by atoms with Gasteiger partial charge in [-0.3, -0.25) is 14.5 Å². The minimum atomic E-state index is -0.942. The molecular weight excluding hydrogens is 362 g/mol. The van der Waals surface area contributed by atoms with E-state index in [1.165, 1.54) is 6.08 Å². The monoisotopic (exact) mass is 385 g/mol. The Kier molecular flexibility index (Phi) is 5.48. The van der Waals surface area contributed by atoms with Gasteiger partial charge in [0.2, 0.25) is 0 Å². The maximum atomic E-state index is 12.0. The Labute approximate surface area is 162 Å². The molecule has 0 bridgehead atoms. The van der Waals surface area contributed by atoms with Gasteiger partial charge in [0.15, 0.2) is 0 Å². The van der Waals surface area contributed by atoms with E-state index in [1.807, 2.05) is 0 Å². The summed E-state index contributed by atoms with van der Waals surface area (Å²) >= 11 is 0. The zero-order chi connectivity index (χ0) is 20.3. The van der Waals surface area contributed by atoms with Gasteiger partial charge < -0.3 is 15.4 Å². The van der Waals surface area contributed by atoms with Crippen molar-refractivity contribution in [2.75, 3.05) is 13.2 Å². The van der Waals surface area contributed by atoms with Crippen molar-refractivity contribution in [1.82, 2.24) is 15.5 Å². The maximum absolute atomic E-state index is 12.0. The largest absolute Gasteiger partial charge is 0.461 e. The Bertz CT molecular complexity index is 825. The molecule has 1 saturated heterocycles. The molecule has 4 amide bonds. The molecule has 1 aromatic carbocycles. The lowest BCUT2D eigenvalue weighted by atomic mass is 10.1. The van der Waals surface area contributed by atoms with Crippen molar-refractivity contribution in [1.29, 1.82) is 0 Å². The van der Waals surface area contributed by atoms with Gasteiger partial charge in [-0.25, -0.2) is 9.59 Å². The second-order valence-corrected chi connectivity index (χ2v) is 7.38. The predicted octanol–water partition coefficient (Wildman–Crippen LogP) is 1.47. The minimum Gasteiger partial charge on any atom is -0.461 e. The van der Waals surface area contributed by atoms with Gasteiger partial charge in [-0.2, -0.15) is 0 Å². The fourth-order valence-electron chi connectivity index (χ4n) is 2.71. The zero-order valence-corrected chi connectivity index (χ0v) is 15.9. The summed E-state index contributed by atoms with van der Waals surface area (Å²) in [5.74, 6) is -1.03. The highest BCUT2D eigenvalue weighted by atomic mass is 16.5. The molecule has 1 aromatic rings. The third-order valence-electron chi connectivity index (χ3n) is 4.50. The van der Waals surface area contributed by atoms with E-state index in [1.54, 1.807) is 44.2 Å². The zero-order valence-electron chi connectivity index (χ0n) is 15.9. The average molecular weight is 385 g/mol. The number of ether oxygens (including phenoxy) is 1. The molecule has 2 aliphatic rings. The quantitative estimate of drug-likeness (QED) is 0.420. The molecule has 0 radical (unpaired) electrons. The Morgan fingerprint density at radius 3 is 2.50 bits per heavy atom. The van der Waals surface area contributed by atoms with Crippen LogP contribution in [-0.4, -0.2) is 53.4 Å². The summed E-state index contributed by atoms with van der Waals surface area (Å²) in [6, 6.07) is 6.67. The molecule has 1 saturated carbocycles. The van der Waals surface area contributed by atoms with E-state index in [9.17, 15) is 19.2 Å². The Morgan fingerprint density at radius 2 is 1.93 bits per heavy atom.